The van der Waals surface area contributed by atoms with Crippen LogP contribution in [0.3, 0.4) is 0 Å². The Morgan fingerprint density at radius 2 is 1.74 bits per heavy atom. The molecule has 2 aromatic rings. The van der Waals surface area contributed by atoms with Gasteiger partial charge in [-0.15, -0.1) is 0 Å². The van der Waals surface area contributed by atoms with E-state index in [0.717, 1.165) is 22.5 Å². The van der Waals surface area contributed by atoms with Crippen LogP contribution < -0.4 is 0 Å². The van der Waals surface area contributed by atoms with E-state index in [4.69, 9.17) is 9.73 Å². The number of benzene rings is 1. The lowest BCUT2D eigenvalue weighted by molar-refractivity contribution is 0.0519. The zero-order valence-electron chi connectivity index (χ0n) is 14.3. The Kier molecular flexibility index (Phi) is 5.27. The van der Waals surface area contributed by atoms with Crippen molar-refractivity contribution in [2.45, 2.75) is 34.6 Å². The molecule has 120 valence electrons. The number of carbonyl (C=O) groups is 1. The number of hydrogen-bond acceptors (Lipinski definition) is 4. The lowest BCUT2D eigenvalue weighted by Gasteiger charge is -2.09. The Morgan fingerprint density at radius 1 is 1.13 bits per heavy atom. The van der Waals surface area contributed by atoms with Gasteiger partial charge >= 0.3 is 5.97 Å². The van der Waals surface area contributed by atoms with Crippen LogP contribution in [0.25, 0.3) is 0 Å². The molecule has 0 saturated heterocycles. The first-order chi connectivity index (χ1) is 10.9. The van der Waals surface area contributed by atoms with Crippen LogP contribution in [0.2, 0.25) is 0 Å². The maximum absolute atomic E-state index is 11.8. The third kappa shape index (κ3) is 4.03. The molecule has 0 radical (unpaired) electrons. The summed E-state index contributed by atoms with van der Waals surface area (Å²) in [5.41, 5.74) is 6.18. The van der Waals surface area contributed by atoms with Gasteiger partial charge in [-0.2, -0.15) is 0 Å². The highest BCUT2D eigenvalue weighted by Crippen LogP contribution is 2.25. The third-order valence-corrected chi connectivity index (χ3v) is 3.52. The highest BCUT2D eigenvalue weighted by molar-refractivity contribution is 6.00. The molecule has 0 fully saturated rings. The van der Waals surface area contributed by atoms with Crippen LogP contribution in [0.5, 0.6) is 0 Å². The second-order valence-electron chi connectivity index (χ2n) is 5.57. The highest BCUT2D eigenvalue weighted by Gasteiger charge is 2.10. The monoisotopic (exact) mass is 310 g/mol. The first-order valence-electron chi connectivity index (χ1n) is 7.70. The molecule has 0 bridgehead atoms. The predicted octanol–water partition coefficient (Wildman–Crippen LogP) is 4.32. The van der Waals surface area contributed by atoms with Crippen LogP contribution in [0, 0.1) is 20.8 Å². The van der Waals surface area contributed by atoms with E-state index in [1.807, 2.05) is 13.0 Å². The fraction of sp³-hybridized carbons (Fsp3) is 0.316. The Morgan fingerprint density at radius 3 is 2.35 bits per heavy atom. The molecule has 0 atom stereocenters. The number of carbonyl (C=O) groups excluding carboxylic acids is 1. The van der Waals surface area contributed by atoms with Crippen LogP contribution in [0.4, 0.5) is 5.69 Å². The molecule has 0 N–H and O–H groups in total. The van der Waals surface area contributed by atoms with Gasteiger partial charge in [0, 0.05) is 0 Å². The molecule has 1 aromatic carbocycles. The molecule has 0 saturated carbocycles. The molecule has 0 unspecified atom stereocenters. The van der Waals surface area contributed by atoms with Gasteiger partial charge in [0.2, 0.25) is 0 Å². The van der Waals surface area contributed by atoms with E-state index < -0.39 is 5.97 Å². The first kappa shape index (κ1) is 16.9. The van der Waals surface area contributed by atoms with Crippen molar-refractivity contribution in [2.24, 2.45) is 4.99 Å². The number of nitrogens with zero attached hydrogens (tertiary/aromatic N) is 2. The van der Waals surface area contributed by atoms with Crippen molar-refractivity contribution in [1.29, 1.82) is 0 Å². The summed E-state index contributed by atoms with van der Waals surface area (Å²) >= 11 is 0. The van der Waals surface area contributed by atoms with Gasteiger partial charge in [-0.1, -0.05) is 23.8 Å². The smallest absolute Gasteiger partial charge is 0.356 e. The second-order valence-corrected chi connectivity index (χ2v) is 5.57. The largest absolute Gasteiger partial charge is 0.461 e. The molecule has 1 heterocycles. The van der Waals surface area contributed by atoms with Gasteiger partial charge in [0.15, 0.2) is 0 Å². The van der Waals surface area contributed by atoms with E-state index >= 15 is 0 Å². The van der Waals surface area contributed by atoms with Crippen molar-refractivity contribution in [1.82, 2.24) is 4.98 Å². The number of aliphatic imine (C=N–C) groups is 1. The Balaban J connectivity index is 2.39. The van der Waals surface area contributed by atoms with Crippen molar-refractivity contribution < 1.29 is 9.53 Å². The van der Waals surface area contributed by atoms with Crippen molar-refractivity contribution in [2.75, 3.05) is 6.61 Å². The molecule has 0 aliphatic rings. The average Bonchev–Trinajstić information content (AvgIpc) is 2.51. The first-order valence-corrected chi connectivity index (χ1v) is 7.70. The minimum absolute atomic E-state index is 0.302. The Hall–Kier alpha value is -2.49. The highest BCUT2D eigenvalue weighted by atomic mass is 16.5. The molecule has 4 heteroatoms. The Bertz CT molecular complexity index is 741. The second kappa shape index (κ2) is 7.18. The van der Waals surface area contributed by atoms with E-state index in [1.54, 1.807) is 19.1 Å². The molecular weight excluding hydrogens is 288 g/mol. The fourth-order valence-corrected chi connectivity index (χ4v) is 2.53. The number of aromatic nitrogens is 1. The lowest BCUT2D eigenvalue weighted by Crippen LogP contribution is -2.10. The van der Waals surface area contributed by atoms with Gasteiger partial charge in [-0.25, -0.2) is 9.78 Å². The minimum Gasteiger partial charge on any atom is -0.461 e. The van der Waals surface area contributed by atoms with E-state index in [2.05, 4.69) is 37.9 Å². The van der Waals surface area contributed by atoms with Gasteiger partial charge in [0.1, 0.15) is 5.69 Å². The zero-order chi connectivity index (χ0) is 17.0. The van der Waals surface area contributed by atoms with Crippen molar-refractivity contribution in [3.05, 3.63) is 58.4 Å². The summed E-state index contributed by atoms with van der Waals surface area (Å²) in [7, 11) is 0. The molecule has 2 rings (SSSR count). The van der Waals surface area contributed by atoms with Gasteiger partial charge in [-0.05, 0) is 57.9 Å². The van der Waals surface area contributed by atoms with Gasteiger partial charge in [0.05, 0.1) is 23.7 Å². The molecule has 0 aliphatic heterocycles. The molecule has 4 nitrogen and oxygen atoms in total. The summed E-state index contributed by atoms with van der Waals surface area (Å²) in [6, 6.07) is 9.52. The van der Waals surface area contributed by atoms with Crippen LogP contribution in [0.15, 0.2) is 35.3 Å². The quantitative estimate of drug-likeness (QED) is 0.624. The van der Waals surface area contributed by atoms with Crippen molar-refractivity contribution in [3.8, 4) is 0 Å². The zero-order valence-corrected chi connectivity index (χ0v) is 14.3. The van der Waals surface area contributed by atoms with Crippen LogP contribution >= 0.6 is 0 Å². The number of aryl methyl sites for hydroxylation is 3. The normalized spacial score (nSPS) is 11.4. The van der Waals surface area contributed by atoms with E-state index in [-0.39, 0.29) is 0 Å². The minimum atomic E-state index is -0.412. The van der Waals surface area contributed by atoms with Gasteiger partial charge in [0.25, 0.3) is 0 Å². The molecule has 0 amide bonds. The predicted molar refractivity (Wildman–Crippen MR) is 92.7 cm³/mol. The molecule has 0 spiro atoms. The number of esters is 1. The molecular formula is C19H22N2O2. The number of pyridine rings is 1. The Labute approximate surface area is 137 Å². The third-order valence-electron chi connectivity index (χ3n) is 3.52. The number of hydrogen-bond donors (Lipinski definition) is 0. The van der Waals surface area contributed by atoms with E-state index in [1.165, 1.54) is 5.56 Å². The summed E-state index contributed by atoms with van der Waals surface area (Å²) in [6.45, 7) is 10.2. The molecule has 1 aromatic heterocycles. The van der Waals surface area contributed by atoms with Crippen molar-refractivity contribution in [3.63, 3.8) is 0 Å². The average molecular weight is 310 g/mol. The fourth-order valence-electron chi connectivity index (χ4n) is 2.53. The van der Waals surface area contributed by atoms with Crippen LogP contribution in [-0.2, 0) is 4.74 Å². The maximum Gasteiger partial charge on any atom is 0.356 e. The van der Waals surface area contributed by atoms with E-state index in [0.29, 0.717) is 18.0 Å². The summed E-state index contributed by atoms with van der Waals surface area (Å²) in [5, 5.41) is 0. The topological polar surface area (TPSA) is 51.5 Å². The van der Waals surface area contributed by atoms with Gasteiger partial charge < -0.3 is 4.74 Å². The van der Waals surface area contributed by atoms with Crippen LogP contribution in [-0.4, -0.2) is 23.3 Å². The molecule has 0 aliphatic carbocycles. The number of ether oxygens (including phenoxy) is 1. The standard InChI is InChI=1S/C19H22N2O2/c1-6-23-19(22)17-9-7-8-16(21-17)15(5)20-18-13(3)10-12(2)11-14(18)4/h7-11H,6H2,1-5H3. The van der Waals surface area contributed by atoms with Crippen molar-refractivity contribution >= 4 is 17.4 Å². The SMILES string of the molecule is CCOC(=O)c1cccc(C(C)=Nc2c(C)cc(C)cc2C)n1. The van der Waals surface area contributed by atoms with Gasteiger partial charge in [-0.3, -0.25) is 4.99 Å². The van der Waals surface area contributed by atoms with Crippen LogP contribution in [0.1, 0.15) is 46.7 Å². The number of rotatable bonds is 4. The summed E-state index contributed by atoms with van der Waals surface area (Å²) in [4.78, 5) is 20.9. The lowest BCUT2D eigenvalue weighted by atomic mass is 10.1. The summed E-state index contributed by atoms with van der Waals surface area (Å²) in [6.07, 6.45) is 0. The molecule has 23 heavy (non-hydrogen) atoms. The van der Waals surface area contributed by atoms with E-state index in [9.17, 15) is 4.79 Å². The summed E-state index contributed by atoms with van der Waals surface area (Å²) < 4.78 is 4.99. The maximum atomic E-state index is 11.8. The summed E-state index contributed by atoms with van der Waals surface area (Å²) in [5.74, 6) is -0.412.